The van der Waals surface area contributed by atoms with E-state index in [1.165, 1.54) is 11.3 Å². The fourth-order valence-corrected chi connectivity index (χ4v) is 3.21. The Morgan fingerprint density at radius 1 is 1.55 bits per heavy atom. The van der Waals surface area contributed by atoms with Gasteiger partial charge in [-0.3, -0.25) is 4.79 Å². The molecule has 0 saturated carbocycles. The Balaban J connectivity index is 2.12. The van der Waals surface area contributed by atoms with Crippen LogP contribution in [-0.4, -0.2) is 23.7 Å². The third-order valence-electron chi connectivity index (χ3n) is 3.13. The summed E-state index contributed by atoms with van der Waals surface area (Å²) in [4.78, 5) is 12.6. The first-order valence-corrected chi connectivity index (χ1v) is 7.66. The van der Waals surface area contributed by atoms with Gasteiger partial charge >= 0.3 is 0 Å². The van der Waals surface area contributed by atoms with E-state index in [1.807, 2.05) is 13.0 Å². The molecule has 4 nitrogen and oxygen atoms in total. The van der Waals surface area contributed by atoms with E-state index in [-0.39, 0.29) is 12.0 Å². The minimum atomic E-state index is -0.381. The van der Waals surface area contributed by atoms with Crippen LogP contribution >= 0.6 is 22.9 Å². The van der Waals surface area contributed by atoms with Gasteiger partial charge in [-0.1, -0.05) is 18.5 Å². The van der Waals surface area contributed by atoms with Gasteiger partial charge in [0.15, 0.2) is 0 Å². The van der Waals surface area contributed by atoms with Crippen molar-refractivity contribution in [2.75, 3.05) is 12.3 Å². The molecule has 1 heterocycles. The van der Waals surface area contributed by atoms with Crippen LogP contribution in [0.15, 0.2) is 18.2 Å². The number of benzene rings is 1. The molecule has 1 aromatic carbocycles. The zero-order chi connectivity index (χ0) is 14.7. The van der Waals surface area contributed by atoms with Gasteiger partial charge in [0.05, 0.1) is 11.8 Å². The molecule has 0 fully saturated rings. The Labute approximate surface area is 126 Å². The van der Waals surface area contributed by atoms with Gasteiger partial charge in [-0.2, -0.15) is 0 Å². The van der Waals surface area contributed by atoms with Gasteiger partial charge in [0.25, 0.3) is 5.91 Å². The average molecular weight is 313 g/mol. The fraction of sp³-hybridized carbons (Fsp3) is 0.357. The number of anilines is 1. The number of nitrogen functional groups attached to an aromatic ring is 1. The van der Waals surface area contributed by atoms with Gasteiger partial charge in [0.2, 0.25) is 0 Å². The minimum absolute atomic E-state index is 0.205. The molecule has 1 unspecified atom stereocenters. The number of amides is 1. The lowest BCUT2D eigenvalue weighted by Gasteiger charge is -2.08. The number of carbonyl (C=O) groups excluding carboxylic acids is 1. The highest BCUT2D eigenvalue weighted by Gasteiger charge is 2.16. The highest BCUT2D eigenvalue weighted by atomic mass is 35.5. The summed E-state index contributed by atoms with van der Waals surface area (Å²) >= 11 is 7.26. The van der Waals surface area contributed by atoms with Crippen molar-refractivity contribution in [2.45, 2.75) is 25.9 Å². The zero-order valence-corrected chi connectivity index (χ0v) is 12.7. The first-order chi connectivity index (χ1) is 9.52. The van der Waals surface area contributed by atoms with Crippen LogP contribution in [0.25, 0.3) is 10.1 Å². The molecule has 1 amide bonds. The van der Waals surface area contributed by atoms with Crippen LogP contribution in [0.4, 0.5) is 5.69 Å². The van der Waals surface area contributed by atoms with Crippen molar-refractivity contribution < 1.29 is 9.90 Å². The molecule has 6 heteroatoms. The van der Waals surface area contributed by atoms with Crippen LogP contribution in [0.2, 0.25) is 5.02 Å². The quantitative estimate of drug-likeness (QED) is 0.794. The molecule has 2 rings (SSSR count). The second kappa shape index (κ2) is 6.43. The van der Waals surface area contributed by atoms with E-state index in [2.05, 4.69) is 5.32 Å². The maximum atomic E-state index is 12.1. The van der Waals surface area contributed by atoms with Crippen molar-refractivity contribution in [2.24, 2.45) is 0 Å². The molecule has 20 heavy (non-hydrogen) atoms. The second-order valence-electron chi connectivity index (χ2n) is 4.59. The lowest BCUT2D eigenvalue weighted by atomic mass is 10.2. The highest BCUT2D eigenvalue weighted by Crippen LogP contribution is 2.35. The van der Waals surface area contributed by atoms with E-state index in [0.717, 1.165) is 10.1 Å². The molecule has 0 aliphatic carbocycles. The third-order valence-corrected chi connectivity index (χ3v) is 4.53. The number of aliphatic hydroxyl groups is 1. The van der Waals surface area contributed by atoms with Crippen LogP contribution in [0.3, 0.4) is 0 Å². The number of rotatable bonds is 5. The van der Waals surface area contributed by atoms with E-state index < -0.39 is 0 Å². The standard InChI is InChI=1S/C14H17ClN2O2S/c1-2-9(18)5-6-17-14(19)13-12(16)10-4-3-8(15)7-11(10)20-13/h3-4,7,9,18H,2,5-6,16H2,1H3,(H,17,19). The maximum Gasteiger partial charge on any atom is 0.263 e. The van der Waals surface area contributed by atoms with Crippen molar-refractivity contribution >= 4 is 44.6 Å². The minimum Gasteiger partial charge on any atom is -0.397 e. The molecule has 0 aliphatic rings. The Hall–Kier alpha value is -1.30. The second-order valence-corrected chi connectivity index (χ2v) is 6.08. The summed E-state index contributed by atoms with van der Waals surface area (Å²) in [5.41, 5.74) is 6.49. The number of fused-ring (bicyclic) bond motifs is 1. The number of aliphatic hydroxyl groups excluding tert-OH is 1. The van der Waals surface area contributed by atoms with Gasteiger partial charge < -0.3 is 16.2 Å². The number of nitrogens with two attached hydrogens (primary N) is 1. The van der Waals surface area contributed by atoms with Gasteiger partial charge in [-0.05, 0) is 31.0 Å². The Morgan fingerprint density at radius 3 is 3.00 bits per heavy atom. The molecule has 1 atom stereocenters. The first kappa shape index (κ1) is 15.1. The summed E-state index contributed by atoms with van der Waals surface area (Å²) in [5, 5.41) is 13.7. The zero-order valence-electron chi connectivity index (χ0n) is 11.1. The molecule has 108 valence electrons. The molecule has 4 N–H and O–H groups in total. The molecule has 2 aromatic rings. The Morgan fingerprint density at radius 2 is 2.30 bits per heavy atom. The number of halogens is 1. The predicted molar refractivity (Wildman–Crippen MR) is 84.5 cm³/mol. The van der Waals surface area contributed by atoms with Gasteiger partial charge in [0, 0.05) is 21.7 Å². The summed E-state index contributed by atoms with van der Waals surface area (Å²) in [7, 11) is 0. The molecule has 0 radical (unpaired) electrons. The monoisotopic (exact) mass is 312 g/mol. The van der Waals surface area contributed by atoms with E-state index in [1.54, 1.807) is 12.1 Å². The SMILES string of the molecule is CCC(O)CCNC(=O)c1sc2cc(Cl)ccc2c1N. The molecule has 0 bridgehead atoms. The maximum absolute atomic E-state index is 12.1. The molecule has 0 aliphatic heterocycles. The van der Waals surface area contributed by atoms with E-state index in [0.29, 0.717) is 35.0 Å². The molecule has 0 spiro atoms. The van der Waals surface area contributed by atoms with Gasteiger partial charge in [-0.15, -0.1) is 11.3 Å². The molecule has 0 saturated heterocycles. The molecule has 1 aromatic heterocycles. The summed E-state index contributed by atoms with van der Waals surface area (Å²) in [5.74, 6) is -0.205. The van der Waals surface area contributed by atoms with Crippen LogP contribution in [0.5, 0.6) is 0 Å². The molecular formula is C14H17ClN2O2S. The lowest BCUT2D eigenvalue weighted by molar-refractivity contribution is 0.0947. The third kappa shape index (κ3) is 3.23. The van der Waals surface area contributed by atoms with E-state index >= 15 is 0 Å². The smallest absolute Gasteiger partial charge is 0.263 e. The average Bonchev–Trinajstić information content (AvgIpc) is 2.75. The number of carbonyl (C=O) groups is 1. The van der Waals surface area contributed by atoms with Crippen molar-refractivity contribution in [3.63, 3.8) is 0 Å². The predicted octanol–water partition coefficient (Wildman–Crippen LogP) is 3.03. The number of hydrogen-bond donors (Lipinski definition) is 3. The summed E-state index contributed by atoms with van der Waals surface area (Å²) < 4.78 is 0.897. The van der Waals surface area contributed by atoms with Crippen molar-refractivity contribution in [3.8, 4) is 0 Å². The van der Waals surface area contributed by atoms with Crippen LogP contribution < -0.4 is 11.1 Å². The van der Waals surface area contributed by atoms with Crippen LogP contribution in [0.1, 0.15) is 29.4 Å². The van der Waals surface area contributed by atoms with Crippen LogP contribution in [-0.2, 0) is 0 Å². The highest BCUT2D eigenvalue weighted by molar-refractivity contribution is 7.21. The molecular weight excluding hydrogens is 296 g/mol. The first-order valence-electron chi connectivity index (χ1n) is 6.46. The topological polar surface area (TPSA) is 75.3 Å². The van der Waals surface area contributed by atoms with E-state index in [4.69, 9.17) is 17.3 Å². The fourth-order valence-electron chi connectivity index (χ4n) is 1.90. The normalized spacial score (nSPS) is 12.6. The Bertz CT molecular complexity index is 627. The van der Waals surface area contributed by atoms with E-state index in [9.17, 15) is 9.90 Å². The Kier molecular flexibility index (Phi) is 4.86. The van der Waals surface area contributed by atoms with Gasteiger partial charge in [-0.25, -0.2) is 0 Å². The largest absolute Gasteiger partial charge is 0.397 e. The van der Waals surface area contributed by atoms with Crippen LogP contribution in [0, 0.1) is 0 Å². The van der Waals surface area contributed by atoms with Gasteiger partial charge in [0.1, 0.15) is 4.88 Å². The lowest BCUT2D eigenvalue weighted by Crippen LogP contribution is -2.26. The number of nitrogens with one attached hydrogen (secondary N) is 1. The van der Waals surface area contributed by atoms with Crippen molar-refractivity contribution in [1.82, 2.24) is 5.32 Å². The number of thiophene rings is 1. The summed E-state index contributed by atoms with van der Waals surface area (Å²) in [6, 6.07) is 5.38. The number of hydrogen-bond acceptors (Lipinski definition) is 4. The summed E-state index contributed by atoms with van der Waals surface area (Å²) in [6.07, 6.45) is 0.840. The summed E-state index contributed by atoms with van der Waals surface area (Å²) in [6.45, 7) is 2.34. The van der Waals surface area contributed by atoms with Crippen molar-refractivity contribution in [1.29, 1.82) is 0 Å². The van der Waals surface area contributed by atoms with Crippen molar-refractivity contribution in [3.05, 3.63) is 28.1 Å².